The summed E-state index contributed by atoms with van der Waals surface area (Å²) in [5.74, 6) is 9.70. The van der Waals surface area contributed by atoms with Gasteiger partial charge in [0.2, 0.25) is 0 Å². The van der Waals surface area contributed by atoms with Crippen molar-refractivity contribution >= 4 is 5.97 Å². The molecule has 0 aliphatic heterocycles. The van der Waals surface area contributed by atoms with Crippen LogP contribution in [0.15, 0.2) is 10.3 Å². The first kappa shape index (κ1) is 11.9. The molecule has 6 nitrogen and oxygen atoms in total. The summed E-state index contributed by atoms with van der Waals surface area (Å²) in [6.45, 7) is 0. The van der Waals surface area contributed by atoms with Gasteiger partial charge in [0.15, 0.2) is 6.04 Å². The maximum absolute atomic E-state index is 11.2. The molecule has 86 valence electrons. The van der Waals surface area contributed by atoms with Crippen LogP contribution < -0.4 is 11.7 Å². The summed E-state index contributed by atoms with van der Waals surface area (Å²) in [4.78, 5) is 15.4. The summed E-state index contributed by atoms with van der Waals surface area (Å²) in [5.41, 5.74) is 0. The maximum atomic E-state index is 11.2. The van der Waals surface area contributed by atoms with E-state index in [1.54, 1.807) is 0 Å². The second-order valence-corrected chi connectivity index (χ2v) is 3.92. The van der Waals surface area contributed by atoms with Gasteiger partial charge in [0.1, 0.15) is 0 Å². The fourth-order valence-electron chi connectivity index (χ4n) is 2.09. The van der Waals surface area contributed by atoms with E-state index in [0.717, 1.165) is 12.8 Å². The normalized spacial score (nSPS) is 20.3. The van der Waals surface area contributed by atoms with Crippen LogP contribution in [0.1, 0.15) is 38.5 Å². The van der Waals surface area contributed by atoms with Gasteiger partial charge < -0.3 is 10.7 Å². The SMILES string of the molecule is NN=N[C@@H](CC1CCCCC1)C(=O)ON. The Morgan fingerprint density at radius 3 is 2.60 bits per heavy atom. The zero-order chi connectivity index (χ0) is 11.1. The smallest absolute Gasteiger partial charge is 0.351 e. The fraction of sp³-hybridized carbons (Fsp3) is 0.889. The predicted molar refractivity (Wildman–Crippen MR) is 54.3 cm³/mol. The fourth-order valence-corrected chi connectivity index (χ4v) is 2.09. The Bertz CT molecular complexity index is 226. The Morgan fingerprint density at radius 2 is 2.07 bits per heavy atom. The quantitative estimate of drug-likeness (QED) is 0.415. The van der Waals surface area contributed by atoms with Gasteiger partial charge in [-0.05, 0) is 12.3 Å². The zero-order valence-electron chi connectivity index (χ0n) is 8.76. The average molecular weight is 214 g/mol. The van der Waals surface area contributed by atoms with E-state index in [1.807, 2.05) is 0 Å². The third-order valence-corrected chi connectivity index (χ3v) is 2.88. The lowest BCUT2D eigenvalue weighted by Gasteiger charge is -2.22. The molecule has 0 bridgehead atoms. The monoisotopic (exact) mass is 214 g/mol. The highest BCUT2D eigenvalue weighted by Gasteiger charge is 2.25. The van der Waals surface area contributed by atoms with Crippen molar-refractivity contribution in [3.05, 3.63) is 0 Å². The largest absolute Gasteiger partial charge is 0.372 e. The number of nitrogens with zero attached hydrogens (tertiary/aromatic N) is 2. The summed E-state index contributed by atoms with van der Waals surface area (Å²) < 4.78 is 0. The molecule has 1 atom stereocenters. The van der Waals surface area contributed by atoms with Gasteiger partial charge in [-0.25, -0.2) is 4.79 Å². The highest BCUT2D eigenvalue weighted by molar-refractivity contribution is 5.75. The molecular formula is C9H18N4O2. The van der Waals surface area contributed by atoms with Crippen LogP contribution in [0.25, 0.3) is 0 Å². The van der Waals surface area contributed by atoms with E-state index in [1.165, 1.54) is 19.3 Å². The molecule has 0 aromatic rings. The van der Waals surface area contributed by atoms with Crippen LogP contribution in [0.4, 0.5) is 0 Å². The molecule has 0 saturated heterocycles. The second-order valence-electron chi connectivity index (χ2n) is 3.92. The Labute approximate surface area is 89.0 Å². The molecule has 1 rings (SSSR count). The third kappa shape index (κ3) is 3.83. The Hall–Kier alpha value is -1.17. The minimum absolute atomic E-state index is 0.508. The predicted octanol–water partition coefficient (Wildman–Crippen LogP) is 1.07. The van der Waals surface area contributed by atoms with Crippen molar-refractivity contribution < 1.29 is 9.63 Å². The van der Waals surface area contributed by atoms with Crippen LogP contribution in [0, 0.1) is 5.92 Å². The number of hydrogen-bond donors (Lipinski definition) is 2. The molecular weight excluding hydrogens is 196 g/mol. The van der Waals surface area contributed by atoms with Gasteiger partial charge in [-0.2, -0.15) is 11.0 Å². The average Bonchev–Trinajstić information content (AvgIpc) is 2.29. The lowest BCUT2D eigenvalue weighted by Crippen LogP contribution is -2.27. The van der Waals surface area contributed by atoms with Crippen LogP contribution in [-0.2, 0) is 9.63 Å². The lowest BCUT2D eigenvalue weighted by molar-refractivity contribution is -0.146. The summed E-state index contributed by atoms with van der Waals surface area (Å²) in [6, 6.07) is -0.636. The topological polar surface area (TPSA) is 103 Å². The number of rotatable bonds is 4. The van der Waals surface area contributed by atoms with Crippen molar-refractivity contribution in [1.29, 1.82) is 0 Å². The van der Waals surface area contributed by atoms with Gasteiger partial charge in [0.25, 0.3) is 0 Å². The van der Waals surface area contributed by atoms with E-state index >= 15 is 0 Å². The van der Waals surface area contributed by atoms with Crippen LogP contribution in [0.5, 0.6) is 0 Å². The molecule has 0 aromatic heterocycles. The van der Waals surface area contributed by atoms with Crippen LogP contribution in [-0.4, -0.2) is 12.0 Å². The summed E-state index contributed by atoms with van der Waals surface area (Å²) in [5, 5.41) is 6.78. The van der Waals surface area contributed by atoms with Gasteiger partial charge in [0, 0.05) is 0 Å². The van der Waals surface area contributed by atoms with Gasteiger partial charge in [-0.3, -0.25) is 0 Å². The Morgan fingerprint density at radius 1 is 1.40 bits per heavy atom. The number of carbonyl (C=O) groups excluding carboxylic acids is 1. The highest BCUT2D eigenvalue weighted by Crippen LogP contribution is 2.28. The number of nitrogens with two attached hydrogens (primary N) is 2. The van der Waals surface area contributed by atoms with E-state index in [0.29, 0.717) is 12.3 Å². The molecule has 0 spiro atoms. The van der Waals surface area contributed by atoms with Gasteiger partial charge >= 0.3 is 5.97 Å². The van der Waals surface area contributed by atoms with Crippen LogP contribution in [0.3, 0.4) is 0 Å². The molecule has 1 aliphatic carbocycles. The molecule has 0 heterocycles. The molecule has 0 radical (unpaired) electrons. The van der Waals surface area contributed by atoms with Gasteiger partial charge in [-0.1, -0.05) is 37.3 Å². The summed E-state index contributed by atoms with van der Waals surface area (Å²) in [7, 11) is 0. The van der Waals surface area contributed by atoms with Gasteiger partial charge in [0.05, 0.1) is 0 Å². The second kappa shape index (κ2) is 6.34. The standard InChI is InChI=1S/C9H18N4O2/c10-13-12-8(9(14)15-11)6-7-4-2-1-3-5-7/h7-8H,1-6,11H2,(H2,10,12)/t8-/m0/s1. The minimum Gasteiger partial charge on any atom is -0.372 e. The van der Waals surface area contributed by atoms with Crippen molar-refractivity contribution in [3.8, 4) is 0 Å². The molecule has 15 heavy (non-hydrogen) atoms. The first-order valence-corrected chi connectivity index (χ1v) is 5.28. The zero-order valence-corrected chi connectivity index (χ0v) is 8.76. The van der Waals surface area contributed by atoms with Gasteiger partial charge in [-0.15, -0.1) is 0 Å². The number of carbonyl (C=O) groups is 1. The summed E-state index contributed by atoms with van der Waals surface area (Å²) in [6.07, 6.45) is 6.62. The summed E-state index contributed by atoms with van der Waals surface area (Å²) >= 11 is 0. The van der Waals surface area contributed by atoms with Crippen molar-refractivity contribution in [3.63, 3.8) is 0 Å². The first-order chi connectivity index (χ1) is 7.27. The van der Waals surface area contributed by atoms with Crippen molar-refractivity contribution in [2.24, 2.45) is 28.0 Å². The molecule has 6 heteroatoms. The highest BCUT2D eigenvalue weighted by atomic mass is 16.7. The first-order valence-electron chi connectivity index (χ1n) is 5.28. The van der Waals surface area contributed by atoms with E-state index < -0.39 is 12.0 Å². The molecule has 1 saturated carbocycles. The molecule has 0 aromatic carbocycles. The van der Waals surface area contributed by atoms with E-state index in [9.17, 15) is 4.79 Å². The maximum Gasteiger partial charge on any atom is 0.351 e. The molecule has 0 amide bonds. The minimum atomic E-state index is -0.636. The van der Waals surface area contributed by atoms with Crippen LogP contribution >= 0.6 is 0 Å². The Kier molecular flexibility index (Phi) is 5.03. The number of hydrogen-bond acceptors (Lipinski definition) is 5. The molecule has 1 fully saturated rings. The lowest BCUT2D eigenvalue weighted by atomic mass is 9.85. The molecule has 4 N–H and O–H groups in total. The molecule has 1 aliphatic rings. The van der Waals surface area contributed by atoms with E-state index in [4.69, 9.17) is 11.7 Å². The molecule has 0 unspecified atom stereocenters. The van der Waals surface area contributed by atoms with Crippen molar-refractivity contribution in [1.82, 2.24) is 0 Å². The van der Waals surface area contributed by atoms with E-state index in [-0.39, 0.29) is 0 Å². The van der Waals surface area contributed by atoms with Crippen molar-refractivity contribution in [2.75, 3.05) is 0 Å². The van der Waals surface area contributed by atoms with Crippen molar-refractivity contribution in [2.45, 2.75) is 44.6 Å². The Balaban J connectivity index is 2.45. The van der Waals surface area contributed by atoms with Crippen LogP contribution in [0.2, 0.25) is 0 Å². The van der Waals surface area contributed by atoms with E-state index in [2.05, 4.69) is 15.2 Å². The third-order valence-electron chi connectivity index (χ3n) is 2.88.